The summed E-state index contributed by atoms with van der Waals surface area (Å²) in [5, 5.41) is 2.60. The normalized spacial score (nSPS) is 11.8. The van der Waals surface area contributed by atoms with E-state index in [-0.39, 0.29) is 33.6 Å². The number of nitrogens with zero attached hydrogens (tertiary/aromatic N) is 1. The van der Waals surface area contributed by atoms with Crippen LogP contribution in [0.4, 0.5) is 13.2 Å². The number of hydrogen-bond donors (Lipinski definition) is 1. The number of aromatic nitrogens is 1. The van der Waals surface area contributed by atoms with Crippen LogP contribution in [0.3, 0.4) is 0 Å². The van der Waals surface area contributed by atoms with Crippen LogP contribution < -0.4 is 10.1 Å². The van der Waals surface area contributed by atoms with Gasteiger partial charge in [-0.05, 0) is 35.9 Å². The predicted octanol–water partition coefficient (Wildman–Crippen LogP) is 4.53. The predicted molar refractivity (Wildman–Crippen MR) is 110 cm³/mol. The highest BCUT2D eigenvalue weighted by molar-refractivity contribution is 7.91. The summed E-state index contributed by atoms with van der Waals surface area (Å²) < 4.78 is 70.1. The highest BCUT2D eigenvalue weighted by Gasteiger charge is 2.32. The van der Waals surface area contributed by atoms with Gasteiger partial charge in [0.2, 0.25) is 15.7 Å². The summed E-state index contributed by atoms with van der Waals surface area (Å²) in [6, 6.07) is 11.9. The molecule has 11 heteroatoms. The number of carbonyl (C=O) groups excluding carboxylic acids is 1. The zero-order valence-corrected chi connectivity index (χ0v) is 18.1. The summed E-state index contributed by atoms with van der Waals surface area (Å²) in [6.07, 6.45) is -4.69. The maximum Gasteiger partial charge on any atom is 0.416 e. The molecule has 0 fully saturated rings. The van der Waals surface area contributed by atoms with Gasteiger partial charge in [-0.15, -0.1) is 0 Å². The van der Waals surface area contributed by atoms with E-state index in [1.54, 1.807) is 6.07 Å². The van der Waals surface area contributed by atoms with Crippen LogP contribution >= 0.6 is 11.6 Å². The Morgan fingerprint density at radius 2 is 1.81 bits per heavy atom. The SMILES string of the molecule is COc1cc(C(=O)NCc2ccccc2S(=O)(=O)c2cccc(C(F)(F)F)c2)cc(Cl)n1. The van der Waals surface area contributed by atoms with E-state index >= 15 is 0 Å². The second-order valence-corrected chi connectivity index (χ2v) is 8.85. The second-order valence-electron chi connectivity index (χ2n) is 6.54. The molecular weight excluding hydrogens is 469 g/mol. The fourth-order valence-corrected chi connectivity index (χ4v) is 4.60. The van der Waals surface area contributed by atoms with Gasteiger partial charge in [-0.3, -0.25) is 4.79 Å². The van der Waals surface area contributed by atoms with E-state index in [4.69, 9.17) is 16.3 Å². The third kappa shape index (κ3) is 5.20. The van der Waals surface area contributed by atoms with Crippen molar-refractivity contribution in [2.75, 3.05) is 7.11 Å². The van der Waals surface area contributed by atoms with Crippen molar-refractivity contribution < 1.29 is 31.1 Å². The first-order valence-electron chi connectivity index (χ1n) is 9.02. The lowest BCUT2D eigenvalue weighted by Gasteiger charge is -2.13. The summed E-state index contributed by atoms with van der Waals surface area (Å²) in [4.78, 5) is 15.6. The van der Waals surface area contributed by atoms with E-state index in [1.165, 1.54) is 37.4 Å². The molecule has 0 radical (unpaired) electrons. The summed E-state index contributed by atoms with van der Waals surface area (Å²) in [5.41, 5.74) is -0.738. The number of amides is 1. The summed E-state index contributed by atoms with van der Waals surface area (Å²) in [5.74, 6) is -0.450. The quantitative estimate of drug-likeness (QED) is 0.520. The molecule has 0 atom stereocenters. The maximum absolute atomic E-state index is 13.1. The summed E-state index contributed by atoms with van der Waals surface area (Å²) in [7, 11) is -2.93. The molecule has 0 aliphatic carbocycles. The minimum Gasteiger partial charge on any atom is -0.481 e. The van der Waals surface area contributed by atoms with E-state index in [9.17, 15) is 26.4 Å². The van der Waals surface area contributed by atoms with Gasteiger partial charge in [-0.1, -0.05) is 35.9 Å². The highest BCUT2D eigenvalue weighted by Crippen LogP contribution is 2.32. The minimum absolute atomic E-state index is 0.0297. The molecule has 0 saturated heterocycles. The van der Waals surface area contributed by atoms with Crippen molar-refractivity contribution in [1.82, 2.24) is 10.3 Å². The third-order valence-corrected chi connectivity index (χ3v) is 6.46. The number of ether oxygens (including phenoxy) is 1. The molecule has 3 rings (SSSR count). The Bertz CT molecular complexity index is 1260. The van der Waals surface area contributed by atoms with Gasteiger partial charge in [-0.25, -0.2) is 13.4 Å². The molecule has 0 saturated carbocycles. The Balaban J connectivity index is 1.89. The van der Waals surface area contributed by atoms with Crippen molar-refractivity contribution in [2.45, 2.75) is 22.5 Å². The van der Waals surface area contributed by atoms with Crippen LogP contribution in [-0.2, 0) is 22.6 Å². The number of halogens is 4. The average molecular weight is 485 g/mol. The van der Waals surface area contributed by atoms with E-state index in [1.807, 2.05) is 0 Å². The van der Waals surface area contributed by atoms with Crippen molar-refractivity contribution >= 4 is 27.3 Å². The second kappa shape index (κ2) is 9.17. The van der Waals surface area contributed by atoms with Gasteiger partial charge in [-0.2, -0.15) is 13.2 Å². The lowest BCUT2D eigenvalue weighted by Crippen LogP contribution is -2.24. The Hall–Kier alpha value is -3.11. The number of pyridine rings is 1. The standard InChI is InChI=1S/C21H16ClF3N2O4S/c1-31-19-10-14(9-18(22)27-19)20(28)26-12-13-5-2-3-8-17(13)32(29,30)16-7-4-6-15(11-16)21(23,24)25/h2-11H,12H2,1H3,(H,26,28). The number of benzene rings is 2. The van der Waals surface area contributed by atoms with Crippen molar-refractivity contribution in [2.24, 2.45) is 0 Å². The van der Waals surface area contributed by atoms with Gasteiger partial charge in [0.15, 0.2) is 0 Å². The van der Waals surface area contributed by atoms with Gasteiger partial charge in [0.25, 0.3) is 5.91 Å². The van der Waals surface area contributed by atoms with Gasteiger partial charge >= 0.3 is 6.18 Å². The van der Waals surface area contributed by atoms with Crippen LogP contribution in [0, 0.1) is 0 Å². The van der Waals surface area contributed by atoms with E-state index < -0.39 is 32.4 Å². The number of nitrogens with one attached hydrogen (secondary N) is 1. The molecule has 2 aromatic carbocycles. The molecule has 1 aromatic heterocycles. The molecule has 1 amide bonds. The lowest BCUT2D eigenvalue weighted by molar-refractivity contribution is -0.137. The molecule has 32 heavy (non-hydrogen) atoms. The number of sulfone groups is 1. The van der Waals surface area contributed by atoms with Gasteiger partial charge < -0.3 is 10.1 Å². The summed E-state index contributed by atoms with van der Waals surface area (Å²) >= 11 is 5.86. The monoisotopic (exact) mass is 484 g/mol. The van der Waals surface area contributed by atoms with Crippen LogP contribution in [0.25, 0.3) is 0 Å². The molecule has 0 aliphatic heterocycles. The largest absolute Gasteiger partial charge is 0.481 e. The van der Waals surface area contributed by atoms with Crippen LogP contribution in [0.2, 0.25) is 5.15 Å². The van der Waals surface area contributed by atoms with E-state index in [0.29, 0.717) is 6.07 Å². The van der Waals surface area contributed by atoms with Crippen LogP contribution in [0.5, 0.6) is 5.88 Å². The third-order valence-electron chi connectivity index (χ3n) is 4.42. The molecule has 0 bridgehead atoms. The molecule has 3 aromatic rings. The molecule has 0 spiro atoms. The first-order valence-corrected chi connectivity index (χ1v) is 10.9. The van der Waals surface area contributed by atoms with Crippen molar-refractivity contribution in [3.05, 3.63) is 82.5 Å². The smallest absolute Gasteiger partial charge is 0.416 e. The molecule has 168 valence electrons. The molecule has 0 unspecified atom stereocenters. The molecule has 1 heterocycles. The fourth-order valence-electron chi connectivity index (χ4n) is 2.86. The Morgan fingerprint density at radius 3 is 2.50 bits per heavy atom. The van der Waals surface area contributed by atoms with Gasteiger partial charge in [0.05, 0.1) is 22.5 Å². The van der Waals surface area contributed by atoms with E-state index in [0.717, 1.165) is 18.2 Å². The zero-order chi connectivity index (χ0) is 23.5. The first kappa shape index (κ1) is 23.6. The maximum atomic E-state index is 13.1. The number of methoxy groups -OCH3 is 1. The van der Waals surface area contributed by atoms with Crippen LogP contribution in [0.15, 0.2) is 70.5 Å². The Morgan fingerprint density at radius 1 is 1.09 bits per heavy atom. The topological polar surface area (TPSA) is 85.4 Å². The molecule has 1 N–H and O–H groups in total. The van der Waals surface area contributed by atoms with Gasteiger partial charge in [0, 0.05) is 18.2 Å². The Kier molecular flexibility index (Phi) is 6.75. The number of hydrogen-bond acceptors (Lipinski definition) is 5. The average Bonchev–Trinajstić information content (AvgIpc) is 2.76. The number of carbonyl (C=O) groups is 1. The lowest BCUT2D eigenvalue weighted by atomic mass is 10.2. The highest BCUT2D eigenvalue weighted by atomic mass is 35.5. The number of alkyl halides is 3. The van der Waals surface area contributed by atoms with Crippen molar-refractivity contribution in [3.8, 4) is 5.88 Å². The van der Waals surface area contributed by atoms with Crippen molar-refractivity contribution in [3.63, 3.8) is 0 Å². The van der Waals surface area contributed by atoms with E-state index in [2.05, 4.69) is 10.3 Å². The van der Waals surface area contributed by atoms with Crippen LogP contribution in [-0.4, -0.2) is 26.4 Å². The zero-order valence-electron chi connectivity index (χ0n) is 16.5. The minimum atomic E-state index is -4.69. The molecule has 6 nitrogen and oxygen atoms in total. The van der Waals surface area contributed by atoms with Gasteiger partial charge in [0.1, 0.15) is 5.15 Å². The van der Waals surface area contributed by atoms with Crippen LogP contribution in [0.1, 0.15) is 21.5 Å². The van der Waals surface area contributed by atoms with Crippen molar-refractivity contribution in [1.29, 1.82) is 0 Å². The Labute approximate surface area is 186 Å². The molecular formula is C21H16ClF3N2O4S. The fraction of sp³-hybridized carbons (Fsp3) is 0.143. The summed E-state index contributed by atoms with van der Waals surface area (Å²) in [6.45, 7) is -0.199. The molecule has 0 aliphatic rings. The first-order chi connectivity index (χ1) is 15.0. The number of rotatable bonds is 6.